The Morgan fingerprint density at radius 1 is 1.53 bits per heavy atom. The third-order valence-corrected chi connectivity index (χ3v) is 2.02. The molecule has 0 fully saturated rings. The second-order valence-corrected chi connectivity index (χ2v) is 3.45. The average Bonchev–Trinajstić information content (AvgIpc) is 2.07. The number of hydrogen-bond acceptors (Lipinski definition) is 3. The first kappa shape index (κ1) is 11.8. The van der Waals surface area contributed by atoms with E-state index in [2.05, 4.69) is 25.7 Å². The van der Waals surface area contributed by atoms with Gasteiger partial charge >= 0.3 is 6.36 Å². The summed E-state index contributed by atoms with van der Waals surface area (Å²) in [5.74, 6) is -0.662. The molecule has 0 unspecified atom stereocenters. The molecule has 1 aromatic heterocycles. The van der Waals surface area contributed by atoms with Crippen molar-refractivity contribution < 1.29 is 17.9 Å². The fraction of sp³-hybridized carbons (Fsp3) is 0.250. The number of nitriles is 1. The standard InChI is InChI=1S/C8H4BrF3N2O/c1-4-2-5(9)7(14-6(4)3-13)15-8(10,11)12/h2H,1H3. The Hall–Kier alpha value is -1.29. The Balaban J connectivity index is 3.15. The molecule has 0 aromatic carbocycles. The molecule has 7 heteroatoms. The molecule has 0 radical (unpaired) electrons. The van der Waals surface area contributed by atoms with Gasteiger partial charge in [-0.2, -0.15) is 5.26 Å². The minimum Gasteiger partial charge on any atom is -0.387 e. The van der Waals surface area contributed by atoms with Crippen molar-refractivity contribution in [1.82, 2.24) is 4.98 Å². The highest BCUT2D eigenvalue weighted by atomic mass is 79.9. The van der Waals surface area contributed by atoms with Gasteiger partial charge in [-0.1, -0.05) is 0 Å². The Bertz CT molecular complexity index is 425. The van der Waals surface area contributed by atoms with Crippen LogP contribution in [0.3, 0.4) is 0 Å². The molecule has 15 heavy (non-hydrogen) atoms. The molecule has 0 aliphatic rings. The van der Waals surface area contributed by atoms with E-state index in [1.807, 2.05) is 0 Å². The van der Waals surface area contributed by atoms with Crippen molar-refractivity contribution in [3.63, 3.8) is 0 Å². The number of hydrogen-bond donors (Lipinski definition) is 0. The summed E-state index contributed by atoms with van der Waals surface area (Å²) in [7, 11) is 0. The molecule has 0 spiro atoms. The van der Waals surface area contributed by atoms with Crippen LogP contribution in [0.15, 0.2) is 10.5 Å². The largest absolute Gasteiger partial charge is 0.574 e. The van der Waals surface area contributed by atoms with Crippen LogP contribution < -0.4 is 4.74 Å². The lowest BCUT2D eigenvalue weighted by molar-refractivity contribution is -0.276. The smallest absolute Gasteiger partial charge is 0.387 e. The molecule has 1 heterocycles. The minimum absolute atomic E-state index is 0.0522. The van der Waals surface area contributed by atoms with E-state index in [0.717, 1.165) is 0 Å². The lowest BCUT2D eigenvalue weighted by Crippen LogP contribution is -2.18. The number of halogens is 4. The van der Waals surface area contributed by atoms with Gasteiger partial charge in [0.05, 0.1) is 4.47 Å². The fourth-order valence-corrected chi connectivity index (χ4v) is 1.37. The van der Waals surface area contributed by atoms with Crippen molar-refractivity contribution >= 4 is 15.9 Å². The quantitative estimate of drug-likeness (QED) is 0.795. The Labute approximate surface area is 91.6 Å². The lowest BCUT2D eigenvalue weighted by Gasteiger charge is -2.10. The van der Waals surface area contributed by atoms with Gasteiger partial charge in [-0.25, -0.2) is 4.98 Å². The molecule has 0 atom stereocenters. The summed E-state index contributed by atoms with van der Waals surface area (Å²) in [6.45, 7) is 1.56. The lowest BCUT2D eigenvalue weighted by atomic mass is 10.2. The van der Waals surface area contributed by atoms with Gasteiger partial charge in [0.1, 0.15) is 11.8 Å². The predicted octanol–water partition coefficient (Wildman–Crippen LogP) is 2.92. The third-order valence-electron chi connectivity index (χ3n) is 1.45. The monoisotopic (exact) mass is 280 g/mol. The molecule has 0 saturated heterocycles. The van der Waals surface area contributed by atoms with Crippen LogP contribution in [0.4, 0.5) is 13.2 Å². The zero-order chi connectivity index (χ0) is 11.6. The zero-order valence-electron chi connectivity index (χ0n) is 7.39. The van der Waals surface area contributed by atoms with Gasteiger partial charge in [-0.15, -0.1) is 13.2 Å². The van der Waals surface area contributed by atoms with E-state index >= 15 is 0 Å². The number of alkyl halides is 3. The van der Waals surface area contributed by atoms with Crippen molar-refractivity contribution in [1.29, 1.82) is 5.26 Å². The van der Waals surface area contributed by atoms with E-state index in [0.29, 0.717) is 5.56 Å². The molecule has 0 aliphatic heterocycles. The molecule has 80 valence electrons. The first-order chi connectivity index (χ1) is 6.83. The molecule has 1 aromatic rings. The molecular formula is C8H4BrF3N2O. The molecule has 0 bridgehead atoms. The number of aryl methyl sites for hydroxylation is 1. The van der Waals surface area contributed by atoms with Crippen LogP contribution in [0.25, 0.3) is 0 Å². The number of rotatable bonds is 1. The van der Waals surface area contributed by atoms with Crippen LogP contribution in [-0.2, 0) is 0 Å². The van der Waals surface area contributed by atoms with Gasteiger partial charge in [0.2, 0.25) is 5.88 Å². The van der Waals surface area contributed by atoms with E-state index in [4.69, 9.17) is 5.26 Å². The molecule has 1 rings (SSSR count). The average molecular weight is 281 g/mol. The summed E-state index contributed by atoms with van der Waals surface area (Å²) in [5, 5.41) is 8.57. The summed E-state index contributed by atoms with van der Waals surface area (Å²) in [6, 6.07) is 3.01. The van der Waals surface area contributed by atoms with Gasteiger partial charge in [-0.3, -0.25) is 0 Å². The first-order valence-electron chi connectivity index (χ1n) is 3.66. The summed E-state index contributed by atoms with van der Waals surface area (Å²) in [6.07, 6.45) is -4.82. The van der Waals surface area contributed by atoms with E-state index in [1.54, 1.807) is 13.0 Å². The third kappa shape index (κ3) is 3.09. The molecule has 0 saturated carbocycles. The molecule has 0 aliphatic carbocycles. The summed E-state index contributed by atoms with van der Waals surface area (Å²) >= 11 is 2.87. The maximum absolute atomic E-state index is 11.9. The van der Waals surface area contributed by atoms with Crippen LogP contribution in [0.1, 0.15) is 11.3 Å². The Morgan fingerprint density at radius 2 is 2.13 bits per heavy atom. The Kier molecular flexibility index (Phi) is 3.19. The first-order valence-corrected chi connectivity index (χ1v) is 4.46. The fourth-order valence-electron chi connectivity index (χ4n) is 0.858. The van der Waals surface area contributed by atoms with E-state index < -0.39 is 12.2 Å². The molecule has 0 N–H and O–H groups in total. The number of pyridine rings is 1. The maximum atomic E-state index is 11.9. The minimum atomic E-state index is -4.82. The van der Waals surface area contributed by atoms with Crippen LogP contribution >= 0.6 is 15.9 Å². The van der Waals surface area contributed by atoms with Crippen molar-refractivity contribution in [2.24, 2.45) is 0 Å². The summed E-state index contributed by atoms with van der Waals surface area (Å²) in [4.78, 5) is 3.43. The van der Waals surface area contributed by atoms with Crippen molar-refractivity contribution in [2.75, 3.05) is 0 Å². The van der Waals surface area contributed by atoms with E-state index in [9.17, 15) is 13.2 Å². The van der Waals surface area contributed by atoms with Crippen molar-refractivity contribution in [3.05, 3.63) is 21.8 Å². The normalized spacial score (nSPS) is 10.9. The second-order valence-electron chi connectivity index (χ2n) is 2.60. The summed E-state index contributed by atoms with van der Waals surface area (Å²) < 4.78 is 39.3. The number of aromatic nitrogens is 1. The van der Waals surface area contributed by atoms with Crippen molar-refractivity contribution in [3.8, 4) is 11.9 Å². The van der Waals surface area contributed by atoms with Crippen molar-refractivity contribution in [2.45, 2.75) is 13.3 Å². The molecule has 0 amide bonds. The van der Waals surface area contributed by atoms with Crippen LogP contribution in [-0.4, -0.2) is 11.3 Å². The summed E-state index contributed by atoms with van der Waals surface area (Å²) in [5.41, 5.74) is 0.372. The number of ether oxygens (including phenoxy) is 1. The van der Waals surface area contributed by atoms with Gasteiger partial charge in [0.15, 0.2) is 0 Å². The SMILES string of the molecule is Cc1cc(Br)c(OC(F)(F)F)nc1C#N. The van der Waals surface area contributed by atoms with Crippen LogP contribution in [0, 0.1) is 18.3 Å². The van der Waals surface area contributed by atoms with E-state index in [1.165, 1.54) is 6.07 Å². The highest BCUT2D eigenvalue weighted by Gasteiger charge is 2.33. The highest BCUT2D eigenvalue weighted by Crippen LogP contribution is 2.29. The highest BCUT2D eigenvalue weighted by molar-refractivity contribution is 9.10. The van der Waals surface area contributed by atoms with Gasteiger partial charge in [-0.05, 0) is 34.5 Å². The predicted molar refractivity (Wildman–Crippen MR) is 48.1 cm³/mol. The van der Waals surface area contributed by atoms with E-state index in [-0.39, 0.29) is 10.2 Å². The zero-order valence-corrected chi connectivity index (χ0v) is 8.98. The van der Waals surface area contributed by atoms with Crippen LogP contribution in [0.5, 0.6) is 5.88 Å². The van der Waals surface area contributed by atoms with Crippen LogP contribution in [0.2, 0.25) is 0 Å². The van der Waals surface area contributed by atoms with Gasteiger partial charge in [0, 0.05) is 0 Å². The topological polar surface area (TPSA) is 45.9 Å². The molecule has 3 nitrogen and oxygen atoms in total. The maximum Gasteiger partial charge on any atom is 0.574 e. The second kappa shape index (κ2) is 4.06. The van der Waals surface area contributed by atoms with Gasteiger partial charge < -0.3 is 4.74 Å². The van der Waals surface area contributed by atoms with Gasteiger partial charge in [0.25, 0.3) is 0 Å². The Morgan fingerprint density at radius 3 is 2.60 bits per heavy atom. The molecular weight excluding hydrogens is 277 g/mol. The number of nitrogens with zero attached hydrogens (tertiary/aromatic N) is 2.